The first-order chi connectivity index (χ1) is 6.20. The molecule has 1 heterocycles. The molecule has 78 valence electrons. The summed E-state index contributed by atoms with van der Waals surface area (Å²) in [4.78, 5) is 2.61. The van der Waals surface area contributed by atoms with Gasteiger partial charge in [-0.05, 0) is 45.8 Å². The van der Waals surface area contributed by atoms with Gasteiger partial charge < -0.3 is 10.2 Å². The van der Waals surface area contributed by atoms with E-state index in [0.717, 1.165) is 12.6 Å². The quantitative estimate of drug-likeness (QED) is 0.701. The molecule has 1 atom stereocenters. The first-order valence-electron chi connectivity index (χ1n) is 5.67. The summed E-state index contributed by atoms with van der Waals surface area (Å²) >= 11 is 0. The van der Waals surface area contributed by atoms with Crippen molar-refractivity contribution in [2.24, 2.45) is 0 Å². The fourth-order valence-corrected chi connectivity index (χ4v) is 1.95. The van der Waals surface area contributed by atoms with Gasteiger partial charge in [-0.2, -0.15) is 0 Å². The van der Waals surface area contributed by atoms with Crippen LogP contribution in [0.15, 0.2) is 0 Å². The average molecular weight is 184 g/mol. The molecular formula is C11H24N2. The Hall–Kier alpha value is -0.0800. The van der Waals surface area contributed by atoms with Crippen molar-refractivity contribution in [2.45, 2.75) is 52.1 Å². The first-order valence-corrected chi connectivity index (χ1v) is 5.67. The molecule has 0 radical (unpaired) electrons. The number of nitrogens with one attached hydrogen (secondary N) is 1. The van der Waals surface area contributed by atoms with E-state index < -0.39 is 0 Å². The van der Waals surface area contributed by atoms with Gasteiger partial charge in [-0.25, -0.2) is 0 Å². The third kappa shape index (κ3) is 4.10. The van der Waals surface area contributed by atoms with Crippen LogP contribution in [-0.4, -0.2) is 36.6 Å². The molecule has 1 aliphatic heterocycles. The second-order valence-electron chi connectivity index (χ2n) is 4.49. The summed E-state index contributed by atoms with van der Waals surface area (Å²) in [7, 11) is 0. The molecule has 2 nitrogen and oxygen atoms in total. The van der Waals surface area contributed by atoms with Crippen molar-refractivity contribution in [3.8, 4) is 0 Å². The van der Waals surface area contributed by atoms with Crippen molar-refractivity contribution in [3.05, 3.63) is 0 Å². The van der Waals surface area contributed by atoms with Crippen molar-refractivity contribution in [1.29, 1.82) is 0 Å². The van der Waals surface area contributed by atoms with E-state index in [1.165, 1.54) is 32.4 Å². The number of likely N-dealkylation sites (tertiary alicyclic amines) is 1. The molecule has 1 rings (SSSR count). The molecule has 1 aliphatic rings. The second-order valence-corrected chi connectivity index (χ2v) is 4.49. The molecule has 0 bridgehead atoms. The predicted octanol–water partition coefficient (Wildman–Crippen LogP) is 1.86. The smallest absolute Gasteiger partial charge is 0.00790 e. The number of hydrogen-bond donors (Lipinski definition) is 1. The van der Waals surface area contributed by atoms with Gasteiger partial charge in [-0.15, -0.1) is 0 Å². The molecule has 0 spiro atoms. The molecule has 0 aliphatic carbocycles. The summed E-state index contributed by atoms with van der Waals surface area (Å²) in [6.07, 6.45) is 4.10. The van der Waals surface area contributed by atoms with Crippen LogP contribution in [0.5, 0.6) is 0 Å². The maximum Gasteiger partial charge on any atom is 0.00790 e. The van der Waals surface area contributed by atoms with Crippen LogP contribution in [-0.2, 0) is 0 Å². The maximum absolute atomic E-state index is 3.47. The Bertz CT molecular complexity index is 128. The van der Waals surface area contributed by atoms with E-state index >= 15 is 0 Å². The van der Waals surface area contributed by atoms with E-state index in [-0.39, 0.29) is 0 Å². The molecule has 1 N–H and O–H groups in total. The second kappa shape index (κ2) is 5.61. The number of nitrogens with zero attached hydrogens (tertiary/aromatic N) is 1. The highest BCUT2D eigenvalue weighted by Gasteiger charge is 2.17. The van der Waals surface area contributed by atoms with Crippen LogP contribution in [0.1, 0.15) is 40.0 Å². The fourth-order valence-electron chi connectivity index (χ4n) is 1.95. The maximum atomic E-state index is 3.47. The Balaban J connectivity index is 2.06. The molecule has 0 aromatic rings. The molecule has 0 aromatic heterocycles. The van der Waals surface area contributed by atoms with Crippen LogP contribution in [0.3, 0.4) is 0 Å². The molecule has 0 aromatic carbocycles. The summed E-state index contributed by atoms with van der Waals surface area (Å²) < 4.78 is 0. The Morgan fingerprint density at radius 1 is 1.15 bits per heavy atom. The molecular weight excluding hydrogens is 160 g/mol. The van der Waals surface area contributed by atoms with Crippen LogP contribution < -0.4 is 5.32 Å². The van der Waals surface area contributed by atoms with Crippen LogP contribution in [0, 0.1) is 0 Å². The zero-order valence-electron chi connectivity index (χ0n) is 9.34. The minimum atomic E-state index is 0.630. The monoisotopic (exact) mass is 184 g/mol. The lowest BCUT2D eigenvalue weighted by atomic mass is 10.2. The molecule has 1 unspecified atom stereocenters. The number of hydrogen-bond acceptors (Lipinski definition) is 2. The highest BCUT2D eigenvalue weighted by atomic mass is 15.2. The van der Waals surface area contributed by atoms with Crippen LogP contribution in [0.2, 0.25) is 0 Å². The van der Waals surface area contributed by atoms with Gasteiger partial charge in [0, 0.05) is 12.1 Å². The largest absolute Gasteiger partial charge is 0.314 e. The lowest BCUT2D eigenvalue weighted by Gasteiger charge is -2.24. The SMILES string of the molecule is CC(C)NCCC(C)N1CCCC1. The summed E-state index contributed by atoms with van der Waals surface area (Å²) in [6, 6.07) is 1.40. The summed E-state index contributed by atoms with van der Waals surface area (Å²) in [5.41, 5.74) is 0. The Morgan fingerprint density at radius 2 is 1.77 bits per heavy atom. The van der Waals surface area contributed by atoms with E-state index in [1.807, 2.05) is 0 Å². The zero-order chi connectivity index (χ0) is 9.68. The predicted molar refractivity (Wildman–Crippen MR) is 58.0 cm³/mol. The topological polar surface area (TPSA) is 15.3 Å². The minimum absolute atomic E-state index is 0.630. The van der Waals surface area contributed by atoms with Crippen molar-refractivity contribution in [3.63, 3.8) is 0 Å². The summed E-state index contributed by atoms with van der Waals surface area (Å²) in [6.45, 7) is 10.6. The lowest BCUT2D eigenvalue weighted by molar-refractivity contribution is 0.244. The van der Waals surface area contributed by atoms with Crippen LogP contribution in [0.4, 0.5) is 0 Å². The highest BCUT2D eigenvalue weighted by molar-refractivity contribution is 4.73. The average Bonchev–Trinajstić information content (AvgIpc) is 2.55. The van der Waals surface area contributed by atoms with E-state index in [9.17, 15) is 0 Å². The van der Waals surface area contributed by atoms with E-state index in [0.29, 0.717) is 6.04 Å². The third-order valence-corrected chi connectivity index (χ3v) is 2.88. The highest BCUT2D eigenvalue weighted by Crippen LogP contribution is 2.12. The molecule has 13 heavy (non-hydrogen) atoms. The van der Waals surface area contributed by atoms with E-state index in [4.69, 9.17) is 0 Å². The van der Waals surface area contributed by atoms with Gasteiger partial charge in [0.15, 0.2) is 0 Å². The van der Waals surface area contributed by atoms with Gasteiger partial charge in [0.05, 0.1) is 0 Å². The van der Waals surface area contributed by atoms with E-state index in [1.54, 1.807) is 0 Å². The lowest BCUT2D eigenvalue weighted by Crippen LogP contribution is -2.34. The normalized spacial score (nSPS) is 21.2. The summed E-state index contributed by atoms with van der Waals surface area (Å²) in [5, 5.41) is 3.47. The Kier molecular flexibility index (Phi) is 4.74. The zero-order valence-corrected chi connectivity index (χ0v) is 9.34. The standard InChI is InChI=1S/C11H24N2/c1-10(2)12-7-6-11(3)13-8-4-5-9-13/h10-12H,4-9H2,1-3H3. The van der Waals surface area contributed by atoms with Gasteiger partial charge in [-0.3, -0.25) is 0 Å². The van der Waals surface area contributed by atoms with Gasteiger partial charge in [0.1, 0.15) is 0 Å². The van der Waals surface area contributed by atoms with Gasteiger partial charge in [0.25, 0.3) is 0 Å². The number of rotatable bonds is 5. The van der Waals surface area contributed by atoms with E-state index in [2.05, 4.69) is 31.0 Å². The summed E-state index contributed by atoms with van der Waals surface area (Å²) in [5.74, 6) is 0. The fraction of sp³-hybridized carbons (Fsp3) is 1.00. The minimum Gasteiger partial charge on any atom is -0.314 e. The Morgan fingerprint density at radius 3 is 2.31 bits per heavy atom. The van der Waals surface area contributed by atoms with Crippen molar-refractivity contribution in [1.82, 2.24) is 10.2 Å². The van der Waals surface area contributed by atoms with Crippen molar-refractivity contribution < 1.29 is 0 Å². The molecule has 1 fully saturated rings. The molecule has 0 saturated carbocycles. The van der Waals surface area contributed by atoms with Gasteiger partial charge in [0.2, 0.25) is 0 Å². The van der Waals surface area contributed by atoms with Gasteiger partial charge in [-0.1, -0.05) is 13.8 Å². The molecule has 0 amide bonds. The van der Waals surface area contributed by atoms with Crippen LogP contribution >= 0.6 is 0 Å². The molecule has 2 heteroatoms. The molecule has 1 saturated heterocycles. The van der Waals surface area contributed by atoms with Crippen molar-refractivity contribution >= 4 is 0 Å². The van der Waals surface area contributed by atoms with Crippen molar-refractivity contribution in [2.75, 3.05) is 19.6 Å². The van der Waals surface area contributed by atoms with Gasteiger partial charge >= 0.3 is 0 Å². The Labute approximate surface area is 82.7 Å². The third-order valence-electron chi connectivity index (χ3n) is 2.88. The van der Waals surface area contributed by atoms with Crippen LogP contribution in [0.25, 0.3) is 0 Å². The first kappa shape index (κ1) is 11.0.